The number of cyclic esters (lactones) is 2. The van der Waals surface area contributed by atoms with Crippen LogP contribution in [0.4, 0.5) is 0 Å². The summed E-state index contributed by atoms with van der Waals surface area (Å²) in [4.78, 5) is 23.4. The summed E-state index contributed by atoms with van der Waals surface area (Å²) in [6, 6.07) is 8.69. The second-order valence-electron chi connectivity index (χ2n) is 3.98. The van der Waals surface area contributed by atoms with Crippen molar-refractivity contribution in [3.63, 3.8) is 0 Å². The van der Waals surface area contributed by atoms with Crippen molar-refractivity contribution < 1.29 is 19.1 Å². The van der Waals surface area contributed by atoms with E-state index in [1.807, 2.05) is 19.1 Å². The summed E-state index contributed by atoms with van der Waals surface area (Å²) < 4.78 is 10.1. The zero-order chi connectivity index (χ0) is 12.7. The lowest BCUT2D eigenvalue weighted by Gasteiger charge is -2.16. The second-order valence-corrected chi connectivity index (χ2v) is 3.98. The van der Waals surface area contributed by atoms with Crippen LogP contribution in [-0.2, 0) is 4.74 Å². The Morgan fingerprint density at radius 2 is 1.89 bits per heavy atom. The number of ether oxygens (including phenoxy) is 2. The predicted molar refractivity (Wildman–Crippen MR) is 64.9 cm³/mol. The highest BCUT2D eigenvalue weighted by atomic mass is 16.6. The number of benzene rings is 2. The summed E-state index contributed by atoms with van der Waals surface area (Å²) in [5, 5.41) is 1.45. The molecule has 0 bridgehead atoms. The normalized spacial score (nSPS) is 13.6. The minimum absolute atomic E-state index is 0.381. The number of rotatable bonds is 2. The van der Waals surface area contributed by atoms with E-state index in [-0.39, 0.29) is 0 Å². The zero-order valence-corrected chi connectivity index (χ0v) is 9.73. The van der Waals surface area contributed by atoms with Gasteiger partial charge in [0.2, 0.25) is 0 Å². The third-order valence-electron chi connectivity index (χ3n) is 2.89. The van der Waals surface area contributed by atoms with Crippen molar-refractivity contribution in [3.8, 4) is 5.75 Å². The number of hydrogen-bond donors (Lipinski definition) is 0. The maximum atomic E-state index is 11.7. The van der Waals surface area contributed by atoms with E-state index in [0.29, 0.717) is 28.9 Å². The molecule has 4 nitrogen and oxygen atoms in total. The molecule has 2 aromatic rings. The summed E-state index contributed by atoms with van der Waals surface area (Å²) in [6.45, 7) is 2.38. The van der Waals surface area contributed by atoms with Gasteiger partial charge >= 0.3 is 11.9 Å². The van der Waals surface area contributed by atoms with Gasteiger partial charge in [-0.25, -0.2) is 9.59 Å². The lowest BCUT2D eigenvalue weighted by atomic mass is 9.97. The molecule has 0 atom stereocenters. The number of carbonyl (C=O) groups is 2. The van der Waals surface area contributed by atoms with Gasteiger partial charge in [-0.15, -0.1) is 0 Å². The highest BCUT2D eigenvalue weighted by Gasteiger charge is 2.27. The Bertz CT molecular complexity index is 673. The van der Waals surface area contributed by atoms with Crippen molar-refractivity contribution >= 4 is 22.7 Å². The minimum atomic E-state index is -0.620. The number of carbonyl (C=O) groups excluding carboxylic acids is 2. The zero-order valence-electron chi connectivity index (χ0n) is 9.73. The van der Waals surface area contributed by atoms with Crippen molar-refractivity contribution in [1.82, 2.24) is 0 Å². The lowest BCUT2D eigenvalue weighted by molar-refractivity contribution is 0.0391. The Kier molecular flexibility index (Phi) is 2.30. The van der Waals surface area contributed by atoms with Gasteiger partial charge in [0.25, 0.3) is 0 Å². The van der Waals surface area contributed by atoms with Crippen LogP contribution >= 0.6 is 0 Å². The first kappa shape index (κ1) is 10.8. The van der Waals surface area contributed by atoms with Gasteiger partial charge < -0.3 is 9.47 Å². The highest BCUT2D eigenvalue weighted by molar-refractivity contribution is 6.21. The van der Waals surface area contributed by atoms with Crippen LogP contribution in [0.25, 0.3) is 10.8 Å². The quantitative estimate of drug-likeness (QED) is 0.600. The lowest BCUT2D eigenvalue weighted by Crippen LogP contribution is -2.19. The first-order valence-corrected chi connectivity index (χ1v) is 5.67. The third kappa shape index (κ3) is 1.46. The molecule has 1 aliphatic heterocycles. The Balaban J connectivity index is 2.37. The molecule has 4 heteroatoms. The van der Waals surface area contributed by atoms with E-state index in [9.17, 15) is 9.59 Å². The third-order valence-corrected chi connectivity index (χ3v) is 2.89. The summed E-state index contributed by atoms with van der Waals surface area (Å²) in [6.07, 6.45) is 0. The molecular formula is C14H10O4. The van der Waals surface area contributed by atoms with Crippen molar-refractivity contribution in [2.24, 2.45) is 0 Å². The van der Waals surface area contributed by atoms with E-state index in [1.54, 1.807) is 18.2 Å². The monoisotopic (exact) mass is 242 g/mol. The predicted octanol–water partition coefficient (Wildman–Crippen LogP) is 2.55. The number of esters is 2. The smallest absolute Gasteiger partial charge is 0.346 e. The average molecular weight is 242 g/mol. The van der Waals surface area contributed by atoms with Crippen LogP contribution in [0.3, 0.4) is 0 Å². The molecule has 0 fully saturated rings. The highest BCUT2D eigenvalue weighted by Crippen LogP contribution is 2.32. The van der Waals surface area contributed by atoms with Gasteiger partial charge in [-0.05, 0) is 30.5 Å². The van der Waals surface area contributed by atoms with E-state index >= 15 is 0 Å². The van der Waals surface area contributed by atoms with Gasteiger partial charge in [0.1, 0.15) is 5.75 Å². The van der Waals surface area contributed by atoms with Gasteiger partial charge in [0.05, 0.1) is 17.7 Å². The molecule has 0 amide bonds. The van der Waals surface area contributed by atoms with Crippen LogP contribution in [0.2, 0.25) is 0 Å². The van der Waals surface area contributed by atoms with Gasteiger partial charge in [-0.2, -0.15) is 0 Å². The summed E-state index contributed by atoms with van der Waals surface area (Å²) in [7, 11) is 0. The van der Waals surface area contributed by atoms with Crippen molar-refractivity contribution in [3.05, 3.63) is 41.5 Å². The molecule has 0 radical (unpaired) electrons. The average Bonchev–Trinajstić information content (AvgIpc) is 2.36. The maximum absolute atomic E-state index is 11.7. The number of hydrogen-bond acceptors (Lipinski definition) is 4. The molecule has 2 aromatic carbocycles. The van der Waals surface area contributed by atoms with Gasteiger partial charge in [-0.3, -0.25) is 0 Å². The Labute approximate surface area is 103 Å². The summed E-state index contributed by atoms with van der Waals surface area (Å²) in [5.41, 5.74) is 0.802. The molecule has 0 unspecified atom stereocenters. The van der Waals surface area contributed by atoms with Crippen LogP contribution in [0.1, 0.15) is 27.6 Å². The van der Waals surface area contributed by atoms with E-state index < -0.39 is 11.9 Å². The second kappa shape index (κ2) is 3.84. The molecule has 1 heterocycles. The molecule has 0 saturated heterocycles. The van der Waals surface area contributed by atoms with Crippen LogP contribution in [-0.4, -0.2) is 18.5 Å². The fourth-order valence-corrected chi connectivity index (χ4v) is 2.18. The molecule has 0 N–H and O–H groups in total. The van der Waals surface area contributed by atoms with E-state index in [0.717, 1.165) is 5.39 Å². The largest absolute Gasteiger partial charge is 0.494 e. The van der Waals surface area contributed by atoms with Crippen molar-refractivity contribution in [1.29, 1.82) is 0 Å². The van der Waals surface area contributed by atoms with Crippen molar-refractivity contribution in [2.45, 2.75) is 6.92 Å². The molecule has 0 saturated carbocycles. The summed E-state index contributed by atoms with van der Waals surface area (Å²) >= 11 is 0. The molecule has 0 aliphatic carbocycles. The molecule has 0 aromatic heterocycles. The SMILES string of the molecule is CCOc1cc2c3c(cccc3c1)C(=O)OC2=O. The Morgan fingerprint density at radius 3 is 2.67 bits per heavy atom. The van der Waals surface area contributed by atoms with Crippen LogP contribution < -0.4 is 4.74 Å². The van der Waals surface area contributed by atoms with E-state index in [2.05, 4.69) is 0 Å². The molecular weight excluding hydrogens is 232 g/mol. The first-order valence-electron chi connectivity index (χ1n) is 5.67. The molecule has 0 spiro atoms. The van der Waals surface area contributed by atoms with Crippen LogP contribution in [0.5, 0.6) is 5.75 Å². The molecule has 90 valence electrons. The fraction of sp³-hybridized carbons (Fsp3) is 0.143. The summed E-state index contributed by atoms with van der Waals surface area (Å²) in [5.74, 6) is -0.615. The fourth-order valence-electron chi connectivity index (χ4n) is 2.18. The van der Waals surface area contributed by atoms with Crippen LogP contribution in [0, 0.1) is 0 Å². The van der Waals surface area contributed by atoms with Crippen LogP contribution in [0.15, 0.2) is 30.3 Å². The van der Waals surface area contributed by atoms with Crippen molar-refractivity contribution in [2.75, 3.05) is 6.61 Å². The maximum Gasteiger partial charge on any atom is 0.346 e. The molecule has 18 heavy (non-hydrogen) atoms. The molecule has 3 rings (SSSR count). The topological polar surface area (TPSA) is 52.6 Å². The van der Waals surface area contributed by atoms with Gasteiger partial charge in [0, 0.05) is 5.39 Å². The van der Waals surface area contributed by atoms with Gasteiger partial charge in [0.15, 0.2) is 0 Å². The van der Waals surface area contributed by atoms with E-state index in [1.165, 1.54) is 0 Å². The minimum Gasteiger partial charge on any atom is -0.494 e. The molecule has 1 aliphatic rings. The standard InChI is InChI=1S/C14H10O4/c1-2-17-9-6-8-4-3-5-10-12(8)11(7-9)14(16)18-13(10)15/h3-7H,2H2,1H3. The first-order chi connectivity index (χ1) is 8.70. The Hall–Kier alpha value is -2.36. The Morgan fingerprint density at radius 1 is 1.11 bits per heavy atom. The van der Waals surface area contributed by atoms with Gasteiger partial charge in [-0.1, -0.05) is 12.1 Å². The van der Waals surface area contributed by atoms with E-state index in [4.69, 9.17) is 9.47 Å².